The molecule has 0 saturated heterocycles. The molecule has 1 aromatic heterocycles. The van der Waals surface area contributed by atoms with Gasteiger partial charge in [-0.3, -0.25) is 4.98 Å². The van der Waals surface area contributed by atoms with Crippen LogP contribution in [0.3, 0.4) is 0 Å². The molecule has 2 rings (SSSR count). The standard InChI is InChI=1S/C11H7ClN4O5/c12-9-14-10(16-11(21)15-9)13-6-2-4(7(17)18)1-5(3-6)8(19)20/h1-3H,(H,17,18)(H,19,20)(H2,13,14,15,16,21). The second-order valence-electron chi connectivity index (χ2n) is 3.80. The normalized spacial score (nSPS) is 10.1. The largest absolute Gasteiger partial charge is 0.478 e. The number of rotatable bonds is 4. The Morgan fingerprint density at radius 2 is 1.67 bits per heavy atom. The Labute approximate surface area is 121 Å². The monoisotopic (exact) mass is 310 g/mol. The van der Waals surface area contributed by atoms with E-state index in [0.29, 0.717) is 0 Å². The van der Waals surface area contributed by atoms with E-state index in [2.05, 4.69) is 20.3 Å². The third-order valence-corrected chi connectivity index (χ3v) is 2.48. The van der Waals surface area contributed by atoms with E-state index < -0.39 is 17.6 Å². The minimum absolute atomic E-state index is 0.0916. The van der Waals surface area contributed by atoms with Gasteiger partial charge in [-0.15, -0.1) is 0 Å². The molecule has 2 aromatic rings. The van der Waals surface area contributed by atoms with Crippen LogP contribution in [0.5, 0.6) is 0 Å². The number of hydrogen-bond donors (Lipinski definition) is 4. The number of benzene rings is 1. The summed E-state index contributed by atoms with van der Waals surface area (Å²) in [5, 5.41) is 20.2. The molecule has 10 heteroatoms. The molecule has 0 fully saturated rings. The summed E-state index contributed by atoms with van der Waals surface area (Å²) in [7, 11) is 0. The molecule has 0 aliphatic carbocycles. The van der Waals surface area contributed by atoms with Crippen molar-refractivity contribution in [1.82, 2.24) is 15.0 Å². The first kappa shape index (κ1) is 14.5. The van der Waals surface area contributed by atoms with Crippen LogP contribution in [0.1, 0.15) is 20.7 Å². The van der Waals surface area contributed by atoms with Crippen LogP contribution in [0.25, 0.3) is 0 Å². The lowest BCUT2D eigenvalue weighted by molar-refractivity contribution is 0.0696. The fraction of sp³-hybridized carbons (Fsp3) is 0. The second kappa shape index (κ2) is 5.59. The number of nitrogens with zero attached hydrogens (tertiary/aromatic N) is 2. The smallest absolute Gasteiger partial charge is 0.350 e. The van der Waals surface area contributed by atoms with Gasteiger partial charge >= 0.3 is 17.6 Å². The number of aromatic carboxylic acids is 2. The van der Waals surface area contributed by atoms with Crippen molar-refractivity contribution in [1.29, 1.82) is 0 Å². The summed E-state index contributed by atoms with van der Waals surface area (Å²) in [4.78, 5) is 42.3. The quantitative estimate of drug-likeness (QED) is 0.653. The topological polar surface area (TPSA) is 145 Å². The zero-order chi connectivity index (χ0) is 15.6. The van der Waals surface area contributed by atoms with Gasteiger partial charge in [-0.25, -0.2) is 14.4 Å². The van der Waals surface area contributed by atoms with E-state index in [9.17, 15) is 14.4 Å². The number of aromatic amines is 1. The van der Waals surface area contributed by atoms with Gasteiger partial charge in [0.05, 0.1) is 11.1 Å². The lowest BCUT2D eigenvalue weighted by Gasteiger charge is -2.07. The minimum Gasteiger partial charge on any atom is -0.478 e. The third-order valence-electron chi connectivity index (χ3n) is 2.30. The number of carboxylic acid groups (broad SMARTS) is 2. The zero-order valence-electron chi connectivity index (χ0n) is 10.1. The van der Waals surface area contributed by atoms with E-state index in [1.807, 2.05) is 0 Å². The average molecular weight is 311 g/mol. The van der Waals surface area contributed by atoms with Crippen LogP contribution < -0.4 is 11.0 Å². The Balaban J connectivity index is 2.45. The fourth-order valence-corrected chi connectivity index (χ4v) is 1.65. The van der Waals surface area contributed by atoms with Gasteiger partial charge in [-0.2, -0.15) is 9.97 Å². The SMILES string of the molecule is O=C(O)c1cc(Nc2nc(Cl)[nH]c(=O)n2)cc(C(=O)O)c1. The number of nitrogens with one attached hydrogen (secondary N) is 2. The van der Waals surface area contributed by atoms with Crippen molar-refractivity contribution in [3.63, 3.8) is 0 Å². The van der Waals surface area contributed by atoms with Crippen LogP contribution >= 0.6 is 11.6 Å². The van der Waals surface area contributed by atoms with Gasteiger partial charge in [0.1, 0.15) is 0 Å². The van der Waals surface area contributed by atoms with Crippen molar-refractivity contribution < 1.29 is 19.8 Å². The number of carboxylic acids is 2. The molecule has 0 unspecified atom stereocenters. The van der Waals surface area contributed by atoms with E-state index in [4.69, 9.17) is 21.8 Å². The third kappa shape index (κ3) is 3.54. The van der Waals surface area contributed by atoms with Crippen LogP contribution in [0.4, 0.5) is 11.6 Å². The van der Waals surface area contributed by atoms with Crippen LogP contribution in [0.2, 0.25) is 5.28 Å². The number of carbonyl (C=O) groups is 2. The minimum atomic E-state index is -1.30. The first-order valence-electron chi connectivity index (χ1n) is 5.38. The van der Waals surface area contributed by atoms with E-state index >= 15 is 0 Å². The molecule has 0 aliphatic rings. The van der Waals surface area contributed by atoms with Gasteiger partial charge in [0.2, 0.25) is 11.2 Å². The van der Waals surface area contributed by atoms with Gasteiger partial charge in [-0.1, -0.05) is 0 Å². The van der Waals surface area contributed by atoms with E-state index in [0.717, 1.165) is 6.07 Å². The number of halogens is 1. The summed E-state index contributed by atoms with van der Waals surface area (Å²) < 4.78 is 0. The molecule has 9 nitrogen and oxygen atoms in total. The van der Waals surface area contributed by atoms with Crippen molar-refractivity contribution in [2.75, 3.05) is 5.32 Å². The molecule has 21 heavy (non-hydrogen) atoms. The summed E-state index contributed by atoms with van der Waals surface area (Å²) in [5.41, 5.74) is -1.15. The van der Waals surface area contributed by atoms with Crippen molar-refractivity contribution in [3.05, 3.63) is 45.1 Å². The molecular weight excluding hydrogens is 304 g/mol. The molecule has 0 bridgehead atoms. The molecule has 108 valence electrons. The predicted octanol–water partition coefficient (Wildman–Crippen LogP) is 0.958. The van der Waals surface area contributed by atoms with Gasteiger partial charge in [-0.05, 0) is 29.8 Å². The number of anilines is 2. The summed E-state index contributed by atoms with van der Waals surface area (Å²) in [6.45, 7) is 0. The Kier molecular flexibility index (Phi) is 3.85. The highest BCUT2D eigenvalue weighted by Crippen LogP contribution is 2.18. The van der Waals surface area contributed by atoms with Crippen molar-refractivity contribution in [2.45, 2.75) is 0 Å². The molecule has 0 atom stereocenters. The highest BCUT2D eigenvalue weighted by Gasteiger charge is 2.12. The van der Waals surface area contributed by atoms with Gasteiger partial charge in [0.25, 0.3) is 0 Å². The number of H-pyrrole nitrogens is 1. The van der Waals surface area contributed by atoms with Gasteiger partial charge < -0.3 is 15.5 Å². The number of aromatic nitrogens is 3. The zero-order valence-corrected chi connectivity index (χ0v) is 10.9. The second-order valence-corrected chi connectivity index (χ2v) is 4.16. The molecule has 4 N–H and O–H groups in total. The maximum Gasteiger partial charge on any atom is 0.350 e. The lowest BCUT2D eigenvalue weighted by Crippen LogP contribution is -2.14. The highest BCUT2D eigenvalue weighted by molar-refractivity contribution is 6.28. The summed E-state index contributed by atoms with van der Waals surface area (Å²) in [6.07, 6.45) is 0. The molecule has 0 amide bonds. The van der Waals surface area contributed by atoms with Crippen molar-refractivity contribution in [3.8, 4) is 0 Å². The highest BCUT2D eigenvalue weighted by atomic mass is 35.5. The van der Waals surface area contributed by atoms with Gasteiger partial charge in [0.15, 0.2) is 0 Å². The lowest BCUT2D eigenvalue weighted by atomic mass is 10.1. The van der Waals surface area contributed by atoms with Crippen LogP contribution in [0.15, 0.2) is 23.0 Å². The predicted molar refractivity (Wildman–Crippen MR) is 71.3 cm³/mol. The molecular formula is C11H7ClN4O5. The molecule has 0 radical (unpaired) electrons. The fourth-order valence-electron chi connectivity index (χ4n) is 1.49. The summed E-state index contributed by atoms with van der Waals surface area (Å²) in [5.74, 6) is -2.79. The van der Waals surface area contributed by atoms with Crippen LogP contribution in [-0.4, -0.2) is 37.1 Å². The van der Waals surface area contributed by atoms with Crippen LogP contribution in [0, 0.1) is 0 Å². The maximum absolute atomic E-state index is 11.1. The first-order chi connectivity index (χ1) is 9.85. The molecule has 0 spiro atoms. The summed E-state index contributed by atoms with van der Waals surface area (Å²) >= 11 is 5.54. The Morgan fingerprint density at radius 3 is 2.14 bits per heavy atom. The van der Waals surface area contributed by atoms with E-state index in [1.165, 1.54) is 12.1 Å². The first-order valence-corrected chi connectivity index (χ1v) is 5.75. The molecule has 0 aliphatic heterocycles. The molecule has 1 aromatic carbocycles. The van der Waals surface area contributed by atoms with Crippen molar-refractivity contribution in [2.24, 2.45) is 0 Å². The number of hydrogen-bond acceptors (Lipinski definition) is 6. The Bertz CT molecular complexity index is 756. The average Bonchev–Trinajstić information content (AvgIpc) is 2.36. The Hall–Kier alpha value is -2.94. The summed E-state index contributed by atoms with van der Waals surface area (Å²) in [6, 6.07) is 3.35. The maximum atomic E-state index is 11.1. The van der Waals surface area contributed by atoms with Gasteiger partial charge in [0, 0.05) is 5.69 Å². The van der Waals surface area contributed by atoms with Crippen molar-refractivity contribution >= 4 is 35.2 Å². The molecule has 0 saturated carbocycles. The van der Waals surface area contributed by atoms with E-state index in [1.54, 1.807) is 0 Å². The Morgan fingerprint density at radius 1 is 1.10 bits per heavy atom. The van der Waals surface area contributed by atoms with Crippen LogP contribution in [-0.2, 0) is 0 Å². The van der Waals surface area contributed by atoms with E-state index in [-0.39, 0.29) is 28.0 Å². The molecule has 1 heterocycles.